The van der Waals surface area contributed by atoms with Crippen molar-refractivity contribution in [2.75, 3.05) is 18.5 Å². The summed E-state index contributed by atoms with van der Waals surface area (Å²) in [5.74, 6) is 0. The minimum absolute atomic E-state index is 0.0820. The van der Waals surface area contributed by atoms with E-state index in [0.717, 1.165) is 11.8 Å². The number of aliphatic hydroxyl groups is 1. The lowest BCUT2D eigenvalue weighted by Crippen LogP contribution is -1.91. The number of hydrogen-bond acceptors (Lipinski definition) is 2. The number of hydrogen-bond donors (Lipinski definition) is 1. The maximum absolute atomic E-state index is 8.25. The van der Waals surface area contributed by atoms with E-state index in [1.54, 1.807) is 6.26 Å². The third-order valence-corrected chi connectivity index (χ3v) is 1.14. The van der Waals surface area contributed by atoms with E-state index < -0.39 is 0 Å². The molecule has 3 heteroatoms. The second kappa shape index (κ2) is 7.98. The third kappa shape index (κ3) is 7.98. The summed E-state index contributed by atoms with van der Waals surface area (Å²) in [5.41, 5.74) is 0. The molecule has 9 heavy (non-hydrogen) atoms. The highest BCUT2D eigenvalue weighted by molar-refractivity contribution is 9.09. The van der Waals surface area contributed by atoms with Crippen molar-refractivity contribution in [3.8, 4) is 0 Å². The van der Waals surface area contributed by atoms with Crippen molar-refractivity contribution in [1.82, 2.24) is 0 Å². The van der Waals surface area contributed by atoms with Crippen molar-refractivity contribution in [2.45, 2.75) is 6.42 Å². The van der Waals surface area contributed by atoms with E-state index in [9.17, 15) is 0 Å². The van der Waals surface area contributed by atoms with Crippen molar-refractivity contribution >= 4 is 15.9 Å². The number of alkyl halides is 1. The van der Waals surface area contributed by atoms with E-state index in [0.29, 0.717) is 6.61 Å². The van der Waals surface area contributed by atoms with Gasteiger partial charge in [0.25, 0.3) is 0 Å². The summed E-state index contributed by atoms with van der Waals surface area (Å²) in [6, 6.07) is 0. The van der Waals surface area contributed by atoms with Crippen LogP contribution in [0.5, 0.6) is 0 Å². The zero-order valence-electron chi connectivity index (χ0n) is 5.22. The van der Waals surface area contributed by atoms with Crippen LogP contribution >= 0.6 is 15.9 Å². The average Bonchev–Trinajstić information content (AvgIpc) is 1.89. The first-order valence-electron chi connectivity index (χ1n) is 2.85. The van der Waals surface area contributed by atoms with Crippen LogP contribution in [0.3, 0.4) is 0 Å². The second-order valence-corrected chi connectivity index (χ2v) is 2.24. The van der Waals surface area contributed by atoms with E-state index in [4.69, 9.17) is 9.84 Å². The van der Waals surface area contributed by atoms with Gasteiger partial charge in [-0.1, -0.05) is 15.9 Å². The maximum atomic E-state index is 8.25. The Bertz CT molecular complexity index is 73.5. The monoisotopic (exact) mass is 194 g/mol. The summed E-state index contributed by atoms with van der Waals surface area (Å²) >= 11 is 3.26. The van der Waals surface area contributed by atoms with E-state index in [1.165, 1.54) is 0 Å². The molecule has 0 aliphatic carbocycles. The third-order valence-electron chi connectivity index (χ3n) is 0.677. The molecule has 0 fully saturated rings. The van der Waals surface area contributed by atoms with Crippen LogP contribution in [0, 0.1) is 0 Å². The summed E-state index contributed by atoms with van der Waals surface area (Å²) in [5, 5.41) is 9.21. The molecular formula is C6H11BrO2. The quantitative estimate of drug-likeness (QED) is 0.407. The van der Waals surface area contributed by atoms with Gasteiger partial charge in [0.05, 0.1) is 12.9 Å². The SMILES string of the molecule is OCCOC=CCCBr. The molecule has 0 rings (SSSR count). The molecule has 0 aromatic heterocycles. The largest absolute Gasteiger partial charge is 0.499 e. The van der Waals surface area contributed by atoms with Crippen LogP contribution in [-0.4, -0.2) is 23.7 Å². The van der Waals surface area contributed by atoms with Crippen LogP contribution in [0.25, 0.3) is 0 Å². The first kappa shape index (κ1) is 8.98. The van der Waals surface area contributed by atoms with Gasteiger partial charge < -0.3 is 9.84 Å². The van der Waals surface area contributed by atoms with Gasteiger partial charge in [0.15, 0.2) is 0 Å². The Morgan fingerprint density at radius 3 is 2.89 bits per heavy atom. The molecule has 0 aromatic carbocycles. The molecule has 0 spiro atoms. The topological polar surface area (TPSA) is 29.5 Å². The highest BCUT2D eigenvalue weighted by Gasteiger charge is 1.75. The summed E-state index contributed by atoms with van der Waals surface area (Å²) in [7, 11) is 0. The van der Waals surface area contributed by atoms with Crippen molar-refractivity contribution in [2.24, 2.45) is 0 Å². The highest BCUT2D eigenvalue weighted by atomic mass is 79.9. The summed E-state index contributed by atoms with van der Waals surface area (Å²) in [6.45, 7) is 0.470. The number of halogens is 1. The van der Waals surface area contributed by atoms with E-state index in [2.05, 4.69) is 15.9 Å². The molecule has 0 unspecified atom stereocenters. The summed E-state index contributed by atoms with van der Waals surface area (Å²) < 4.78 is 4.83. The van der Waals surface area contributed by atoms with E-state index in [-0.39, 0.29) is 6.61 Å². The summed E-state index contributed by atoms with van der Waals surface area (Å²) in [4.78, 5) is 0. The number of aliphatic hydroxyl groups excluding tert-OH is 1. The first-order valence-corrected chi connectivity index (χ1v) is 3.97. The fourth-order valence-electron chi connectivity index (χ4n) is 0.320. The van der Waals surface area contributed by atoms with Crippen LogP contribution in [0.4, 0.5) is 0 Å². The Balaban J connectivity index is 2.86. The Morgan fingerprint density at radius 1 is 1.56 bits per heavy atom. The molecule has 0 atom stereocenters. The second-order valence-electron chi connectivity index (χ2n) is 1.44. The Labute approximate surface area is 63.6 Å². The molecule has 0 aliphatic heterocycles. The lowest BCUT2D eigenvalue weighted by atomic mass is 10.5. The normalized spacial score (nSPS) is 10.4. The van der Waals surface area contributed by atoms with Crippen molar-refractivity contribution < 1.29 is 9.84 Å². The minimum Gasteiger partial charge on any atom is -0.499 e. The molecule has 0 amide bonds. The average molecular weight is 195 g/mol. The smallest absolute Gasteiger partial charge is 0.110 e. The molecule has 0 aliphatic rings. The zero-order chi connectivity index (χ0) is 6.95. The molecule has 0 saturated heterocycles. The van der Waals surface area contributed by atoms with Gasteiger partial charge in [-0.25, -0.2) is 0 Å². The number of rotatable bonds is 5. The van der Waals surface area contributed by atoms with Crippen LogP contribution in [0.15, 0.2) is 12.3 Å². The predicted octanol–water partition coefficient (Wildman–Crippen LogP) is 1.29. The molecule has 2 nitrogen and oxygen atoms in total. The predicted molar refractivity (Wildman–Crippen MR) is 40.6 cm³/mol. The van der Waals surface area contributed by atoms with Gasteiger partial charge in [-0.3, -0.25) is 0 Å². The maximum Gasteiger partial charge on any atom is 0.110 e. The van der Waals surface area contributed by atoms with Gasteiger partial charge in [-0.2, -0.15) is 0 Å². The van der Waals surface area contributed by atoms with Crippen LogP contribution in [0.2, 0.25) is 0 Å². The molecule has 54 valence electrons. The first-order chi connectivity index (χ1) is 4.41. The van der Waals surface area contributed by atoms with Crippen molar-refractivity contribution in [3.05, 3.63) is 12.3 Å². The van der Waals surface area contributed by atoms with Gasteiger partial charge >= 0.3 is 0 Å². The lowest BCUT2D eigenvalue weighted by Gasteiger charge is -1.93. The van der Waals surface area contributed by atoms with Gasteiger partial charge in [0.2, 0.25) is 0 Å². The number of ether oxygens (including phenoxy) is 1. The van der Waals surface area contributed by atoms with Crippen LogP contribution in [-0.2, 0) is 4.74 Å². The van der Waals surface area contributed by atoms with Crippen LogP contribution in [0.1, 0.15) is 6.42 Å². The highest BCUT2D eigenvalue weighted by Crippen LogP contribution is 1.88. The fraction of sp³-hybridized carbons (Fsp3) is 0.667. The van der Waals surface area contributed by atoms with Crippen molar-refractivity contribution in [1.29, 1.82) is 0 Å². The standard InChI is InChI=1S/C6H11BrO2/c7-3-1-2-5-9-6-4-8/h2,5,8H,1,3-4,6H2. The molecule has 0 radical (unpaired) electrons. The molecule has 0 saturated carbocycles. The summed E-state index contributed by atoms with van der Waals surface area (Å²) in [6.07, 6.45) is 4.48. The molecule has 0 bridgehead atoms. The Hall–Kier alpha value is -0.0200. The number of allylic oxidation sites excluding steroid dienone is 1. The lowest BCUT2D eigenvalue weighted by molar-refractivity contribution is 0.165. The minimum atomic E-state index is 0.0820. The molecular weight excluding hydrogens is 184 g/mol. The van der Waals surface area contributed by atoms with Crippen molar-refractivity contribution in [3.63, 3.8) is 0 Å². The van der Waals surface area contributed by atoms with Gasteiger partial charge in [-0.15, -0.1) is 0 Å². The molecule has 0 aromatic rings. The van der Waals surface area contributed by atoms with Gasteiger partial charge in [-0.05, 0) is 12.5 Å². The molecule has 0 heterocycles. The van der Waals surface area contributed by atoms with Gasteiger partial charge in [0.1, 0.15) is 6.61 Å². The molecule has 1 N–H and O–H groups in total. The van der Waals surface area contributed by atoms with Crippen LogP contribution < -0.4 is 0 Å². The van der Waals surface area contributed by atoms with E-state index >= 15 is 0 Å². The fourth-order valence-corrected chi connectivity index (χ4v) is 0.584. The zero-order valence-corrected chi connectivity index (χ0v) is 6.80. The van der Waals surface area contributed by atoms with Gasteiger partial charge in [0, 0.05) is 5.33 Å². The van der Waals surface area contributed by atoms with E-state index in [1.807, 2.05) is 6.08 Å². The Kier molecular flexibility index (Phi) is 7.96. The Morgan fingerprint density at radius 2 is 2.33 bits per heavy atom.